The van der Waals surface area contributed by atoms with Crippen LogP contribution in [0.3, 0.4) is 0 Å². The number of nitrogens with zero attached hydrogens (tertiary/aromatic N) is 1. The molecule has 22 heavy (non-hydrogen) atoms. The summed E-state index contributed by atoms with van der Waals surface area (Å²) in [6.45, 7) is 4.06. The number of oxazole rings is 1. The summed E-state index contributed by atoms with van der Waals surface area (Å²) in [5.74, 6) is 0.773. The van der Waals surface area contributed by atoms with Gasteiger partial charge in [-0.2, -0.15) is 0 Å². The van der Waals surface area contributed by atoms with Crippen LogP contribution in [0, 0.1) is 0 Å². The number of hydrogen-bond donors (Lipinski definition) is 1. The van der Waals surface area contributed by atoms with Crippen LogP contribution in [0.2, 0.25) is 0 Å². The molecule has 3 aromatic rings. The van der Waals surface area contributed by atoms with Crippen molar-refractivity contribution in [1.82, 2.24) is 4.98 Å². The predicted octanol–water partition coefficient (Wildman–Crippen LogP) is 4.97. The van der Waals surface area contributed by atoms with Crippen molar-refractivity contribution in [1.29, 1.82) is 0 Å². The average Bonchev–Trinajstić information content (AvgIpc) is 2.91. The van der Waals surface area contributed by atoms with Crippen LogP contribution in [0.4, 0.5) is 5.69 Å². The van der Waals surface area contributed by atoms with Gasteiger partial charge in [0.05, 0.1) is 0 Å². The third-order valence-electron chi connectivity index (χ3n) is 3.26. The Labute approximate surface area is 136 Å². The third-order valence-corrected chi connectivity index (χ3v) is 3.79. The fraction of sp³-hybridized carbons (Fsp3) is 0.176. The molecule has 0 saturated heterocycles. The zero-order valence-electron chi connectivity index (χ0n) is 12.3. The lowest BCUT2D eigenvalue weighted by Crippen LogP contribution is -2.11. The number of carbonyl (C=O) groups excluding carboxylic acids is 1. The van der Waals surface area contributed by atoms with E-state index in [-0.39, 0.29) is 11.8 Å². The number of nitrogens with one attached hydrogen (secondary N) is 1. The third kappa shape index (κ3) is 3.04. The number of aromatic nitrogens is 1. The van der Waals surface area contributed by atoms with E-state index >= 15 is 0 Å². The van der Waals surface area contributed by atoms with Gasteiger partial charge in [0.2, 0.25) is 0 Å². The van der Waals surface area contributed by atoms with Crippen molar-refractivity contribution in [3.63, 3.8) is 0 Å². The van der Waals surface area contributed by atoms with E-state index in [9.17, 15) is 4.79 Å². The standard InChI is InChI=1S/C17H15BrN2O2/c1-10(2)17-20-14-8-7-13(9-15(14)22-17)19-16(21)11-3-5-12(18)6-4-11/h3-10H,1-2H3,(H,19,21). The number of halogens is 1. The molecular formula is C17H15BrN2O2. The Kier molecular flexibility index (Phi) is 3.98. The maximum Gasteiger partial charge on any atom is 0.255 e. The van der Waals surface area contributed by atoms with Crippen molar-refractivity contribution < 1.29 is 9.21 Å². The molecule has 112 valence electrons. The topological polar surface area (TPSA) is 55.1 Å². The largest absolute Gasteiger partial charge is 0.440 e. The smallest absolute Gasteiger partial charge is 0.255 e. The SMILES string of the molecule is CC(C)c1nc2ccc(NC(=O)c3ccc(Br)cc3)cc2o1. The van der Waals surface area contributed by atoms with Crippen LogP contribution >= 0.6 is 15.9 Å². The Morgan fingerprint density at radius 1 is 1.18 bits per heavy atom. The first-order valence-corrected chi connectivity index (χ1v) is 7.79. The lowest BCUT2D eigenvalue weighted by Gasteiger charge is -2.05. The molecule has 0 aliphatic heterocycles. The van der Waals surface area contributed by atoms with Gasteiger partial charge in [0.1, 0.15) is 5.52 Å². The second-order valence-corrected chi connectivity index (χ2v) is 6.27. The number of anilines is 1. The molecule has 0 fully saturated rings. The summed E-state index contributed by atoms with van der Waals surface area (Å²) in [5, 5.41) is 2.87. The Balaban J connectivity index is 1.84. The molecule has 3 rings (SSSR count). The number of carbonyl (C=O) groups is 1. The van der Waals surface area contributed by atoms with Gasteiger partial charge in [0, 0.05) is 27.7 Å². The van der Waals surface area contributed by atoms with E-state index in [1.54, 1.807) is 18.2 Å². The summed E-state index contributed by atoms with van der Waals surface area (Å²) in [7, 11) is 0. The van der Waals surface area contributed by atoms with Crippen molar-refractivity contribution in [2.75, 3.05) is 5.32 Å². The van der Waals surface area contributed by atoms with E-state index in [1.807, 2.05) is 38.1 Å². The first kappa shape index (κ1) is 14.8. The van der Waals surface area contributed by atoms with Gasteiger partial charge in [0.15, 0.2) is 11.5 Å². The van der Waals surface area contributed by atoms with Gasteiger partial charge >= 0.3 is 0 Å². The van der Waals surface area contributed by atoms with Crippen LogP contribution in [0.25, 0.3) is 11.1 Å². The fourth-order valence-electron chi connectivity index (χ4n) is 2.07. The molecule has 1 N–H and O–H groups in total. The molecule has 0 unspecified atom stereocenters. The highest BCUT2D eigenvalue weighted by Gasteiger charge is 2.11. The highest BCUT2D eigenvalue weighted by molar-refractivity contribution is 9.10. The first-order chi connectivity index (χ1) is 10.5. The molecule has 1 aromatic heterocycles. The van der Waals surface area contributed by atoms with Crippen molar-refractivity contribution in [2.24, 2.45) is 0 Å². The van der Waals surface area contributed by atoms with Gasteiger partial charge in [-0.05, 0) is 36.4 Å². The van der Waals surface area contributed by atoms with Crippen molar-refractivity contribution in [3.8, 4) is 0 Å². The number of fused-ring (bicyclic) bond motifs is 1. The maximum atomic E-state index is 12.2. The van der Waals surface area contributed by atoms with Crippen LogP contribution in [0.5, 0.6) is 0 Å². The van der Waals surface area contributed by atoms with Gasteiger partial charge in [-0.15, -0.1) is 0 Å². The molecule has 0 bridgehead atoms. The minimum atomic E-state index is -0.157. The van der Waals surface area contributed by atoms with Crippen LogP contribution in [-0.2, 0) is 0 Å². The normalized spacial score (nSPS) is 11.1. The highest BCUT2D eigenvalue weighted by atomic mass is 79.9. The van der Waals surface area contributed by atoms with Crippen LogP contribution in [0.1, 0.15) is 36.0 Å². The molecule has 0 radical (unpaired) electrons. The van der Waals surface area contributed by atoms with Gasteiger partial charge in [-0.25, -0.2) is 4.98 Å². The van der Waals surface area contributed by atoms with Gasteiger partial charge in [-0.1, -0.05) is 29.8 Å². The van der Waals surface area contributed by atoms with E-state index in [0.29, 0.717) is 22.7 Å². The zero-order chi connectivity index (χ0) is 15.7. The predicted molar refractivity (Wildman–Crippen MR) is 90.2 cm³/mol. The molecule has 0 atom stereocenters. The molecule has 0 aliphatic carbocycles. The summed E-state index contributed by atoms with van der Waals surface area (Å²) in [5.41, 5.74) is 2.76. The fourth-order valence-corrected chi connectivity index (χ4v) is 2.34. The molecular weight excluding hydrogens is 344 g/mol. The summed E-state index contributed by atoms with van der Waals surface area (Å²) in [6, 6.07) is 12.7. The monoisotopic (exact) mass is 358 g/mol. The lowest BCUT2D eigenvalue weighted by atomic mass is 10.2. The summed E-state index contributed by atoms with van der Waals surface area (Å²) >= 11 is 3.35. The lowest BCUT2D eigenvalue weighted by molar-refractivity contribution is 0.102. The number of benzene rings is 2. The van der Waals surface area contributed by atoms with E-state index in [0.717, 1.165) is 9.99 Å². The Bertz CT molecular complexity index is 822. The Morgan fingerprint density at radius 3 is 2.59 bits per heavy atom. The molecule has 1 heterocycles. The zero-order valence-corrected chi connectivity index (χ0v) is 13.8. The molecule has 1 amide bonds. The van der Waals surface area contributed by atoms with Gasteiger partial charge < -0.3 is 9.73 Å². The van der Waals surface area contributed by atoms with E-state index in [2.05, 4.69) is 26.2 Å². The van der Waals surface area contributed by atoms with Crippen LogP contribution in [-0.4, -0.2) is 10.9 Å². The number of amides is 1. The molecule has 2 aromatic carbocycles. The summed E-state index contributed by atoms with van der Waals surface area (Å²) in [6.07, 6.45) is 0. The van der Waals surface area contributed by atoms with Crippen molar-refractivity contribution in [3.05, 3.63) is 58.4 Å². The van der Waals surface area contributed by atoms with Crippen molar-refractivity contribution in [2.45, 2.75) is 19.8 Å². The second kappa shape index (κ2) is 5.93. The molecule has 5 heteroatoms. The van der Waals surface area contributed by atoms with Gasteiger partial charge in [0.25, 0.3) is 5.91 Å². The number of hydrogen-bond acceptors (Lipinski definition) is 3. The first-order valence-electron chi connectivity index (χ1n) is 7.00. The quantitative estimate of drug-likeness (QED) is 0.719. The molecule has 4 nitrogen and oxygen atoms in total. The maximum absolute atomic E-state index is 12.2. The molecule has 0 spiro atoms. The summed E-state index contributed by atoms with van der Waals surface area (Å²) in [4.78, 5) is 16.6. The minimum Gasteiger partial charge on any atom is -0.440 e. The summed E-state index contributed by atoms with van der Waals surface area (Å²) < 4.78 is 6.64. The Morgan fingerprint density at radius 2 is 1.91 bits per heavy atom. The highest BCUT2D eigenvalue weighted by Crippen LogP contribution is 2.24. The Hall–Kier alpha value is -2.14. The van der Waals surface area contributed by atoms with E-state index < -0.39 is 0 Å². The van der Waals surface area contributed by atoms with Gasteiger partial charge in [-0.3, -0.25) is 4.79 Å². The molecule has 0 saturated carbocycles. The average molecular weight is 359 g/mol. The minimum absolute atomic E-state index is 0.157. The number of rotatable bonds is 3. The second-order valence-electron chi connectivity index (χ2n) is 5.35. The van der Waals surface area contributed by atoms with Crippen LogP contribution < -0.4 is 5.32 Å². The van der Waals surface area contributed by atoms with Crippen molar-refractivity contribution >= 4 is 38.6 Å². The van der Waals surface area contributed by atoms with E-state index in [1.165, 1.54) is 0 Å². The molecule has 0 aliphatic rings. The van der Waals surface area contributed by atoms with Crippen LogP contribution in [0.15, 0.2) is 51.4 Å². The van der Waals surface area contributed by atoms with E-state index in [4.69, 9.17) is 4.42 Å².